The standard InChI is InChI=1S/C11H13NO4/c1-16-8-4-2-7(3-5-8)9(11(12)15)6-10(13)14/h2-5,9H,6H2,1H3,(H2,12,15)(H,13,14)/p-1/t9-/m0/s1. The van der Waals surface area contributed by atoms with E-state index in [1.807, 2.05) is 0 Å². The highest BCUT2D eigenvalue weighted by Crippen LogP contribution is 2.21. The second-order valence-electron chi connectivity index (χ2n) is 3.30. The molecule has 0 aliphatic rings. The van der Waals surface area contributed by atoms with Gasteiger partial charge in [-0.25, -0.2) is 0 Å². The number of aliphatic carboxylic acids is 1. The van der Waals surface area contributed by atoms with Crippen LogP contribution in [0, 0.1) is 0 Å². The smallest absolute Gasteiger partial charge is 0.225 e. The van der Waals surface area contributed by atoms with Crippen LogP contribution in [0.5, 0.6) is 5.75 Å². The Morgan fingerprint density at radius 3 is 2.31 bits per heavy atom. The summed E-state index contributed by atoms with van der Waals surface area (Å²) >= 11 is 0. The number of methoxy groups -OCH3 is 1. The second-order valence-corrected chi connectivity index (χ2v) is 3.30. The van der Waals surface area contributed by atoms with Crippen LogP contribution in [0.1, 0.15) is 17.9 Å². The Bertz CT molecular complexity index is 385. The van der Waals surface area contributed by atoms with Gasteiger partial charge in [-0.2, -0.15) is 0 Å². The number of primary amides is 1. The van der Waals surface area contributed by atoms with Crippen molar-refractivity contribution in [2.75, 3.05) is 7.11 Å². The predicted octanol–water partition coefficient (Wildman–Crippen LogP) is -0.596. The molecule has 5 heteroatoms. The van der Waals surface area contributed by atoms with Crippen molar-refractivity contribution in [3.8, 4) is 5.75 Å². The molecule has 0 saturated heterocycles. The van der Waals surface area contributed by atoms with Crippen LogP contribution in [0.25, 0.3) is 0 Å². The zero-order valence-electron chi connectivity index (χ0n) is 8.80. The lowest BCUT2D eigenvalue weighted by molar-refractivity contribution is -0.306. The van der Waals surface area contributed by atoms with Gasteiger partial charge in [-0.1, -0.05) is 12.1 Å². The van der Waals surface area contributed by atoms with Gasteiger partial charge in [-0.3, -0.25) is 4.79 Å². The van der Waals surface area contributed by atoms with E-state index < -0.39 is 24.2 Å². The third kappa shape index (κ3) is 2.98. The van der Waals surface area contributed by atoms with Crippen molar-refractivity contribution in [2.45, 2.75) is 12.3 Å². The molecular formula is C11H12NO4-. The van der Waals surface area contributed by atoms with E-state index in [2.05, 4.69) is 0 Å². The normalized spacial score (nSPS) is 11.8. The van der Waals surface area contributed by atoms with Gasteiger partial charge >= 0.3 is 0 Å². The number of carboxylic acids is 1. The summed E-state index contributed by atoms with van der Waals surface area (Å²) in [6.07, 6.45) is -0.415. The number of hydrogen-bond acceptors (Lipinski definition) is 4. The van der Waals surface area contributed by atoms with Gasteiger partial charge in [-0.15, -0.1) is 0 Å². The van der Waals surface area contributed by atoms with Crippen LogP contribution in [-0.2, 0) is 9.59 Å². The average Bonchev–Trinajstić information content (AvgIpc) is 2.25. The quantitative estimate of drug-likeness (QED) is 0.720. The van der Waals surface area contributed by atoms with Gasteiger partial charge in [0, 0.05) is 12.4 Å². The zero-order valence-corrected chi connectivity index (χ0v) is 8.80. The van der Waals surface area contributed by atoms with Crippen molar-refractivity contribution in [1.82, 2.24) is 0 Å². The SMILES string of the molecule is COc1ccc([C@H](CC(=O)[O-])C(N)=O)cc1. The van der Waals surface area contributed by atoms with Crippen molar-refractivity contribution in [1.29, 1.82) is 0 Å². The molecule has 1 amide bonds. The number of amides is 1. The van der Waals surface area contributed by atoms with Gasteiger partial charge < -0.3 is 20.4 Å². The molecule has 0 aromatic heterocycles. The molecule has 0 radical (unpaired) electrons. The van der Waals surface area contributed by atoms with Gasteiger partial charge in [-0.05, 0) is 17.7 Å². The Hall–Kier alpha value is -2.04. The topological polar surface area (TPSA) is 92.4 Å². The molecule has 1 rings (SSSR count). The molecule has 5 nitrogen and oxygen atoms in total. The van der Waals surface area contributed by atoms with Crippen LogP contribution in [0.2, 0.25) is 0 Å². The highest BCUT2D eigenvalue weighted by molar-refractivity contribution is 5.86. The lowest BCUT2D eigenvalue weighted by atomic mass is 9.95. The molecule has 86 valence electrons. The van der Waals surface area contributed by atoms with E-state index in [1.54, 1.807) is 24.3 Å². The van der Waals surface area contributed by atoms with Crippen molar-refractivity contribution in [3.63, 3.8) is 0 Å². The Labute approximate surface area is 92.8 Å². The highest BCUT2D eigenvalue weighted by Gasteiger charge is 2.17. The third-order valence-corrected chi connectivity index (χ3v) is 2.23. The van der Waals surface area contributed by atoms with E-state index in [9.17, 15) is 14.7 Å². The van der Waals surface area contributed by atoms with Gasteiger partial charge in [0.2, 0.25) is 5.91 Å². The molecule has 0 heterocycles. The van der Waals surface area contributed by atoms with Crippen molar-refractivity contribution < 1.29 is 19.4 Å². The van der Waals surface area contributed by atoms with Crippen molar-refractivity contribution >= 4 is 11.9 Å². The number of ether oxygens (including phenoxy) is 1. The first-order chi connectivity index (χ1) is 7.54. The first-order valence-electron chi connectivity index (χ1n) is 4.67. The lowest BCUT2D eigenvalue weighted by Gasteiger charge is -2.14. The number of rotatable bonds is 5. The number of carbonyl (C=O) groups excluding carboxylic acids is 2. The van der Waals surface area contributed by atoms with Crippen LogP contribution in [0.3, 0.4) is 0 Å². The Morgan fingerprint density at radius 1 is 1.38 bits per heavy atom. The van der Waals surface area contributed by atoms with Crippen LogP contribution < -0.4 is 15.6 Å². The maximum absolute atomic E-state index is 11.1. The fraction of sp³-hybridized carbons (Fsp3) is 0.273. The minimum Gasteiger partial charge on any atom is -0.550 e. The molecule has 2 N–H and O–H groups in total. The summed E-state index contributed by atoms with van der Waals surface area (Å²) in [7, 11) is 1.52. The highest BCUT2D eigenvalue weighted by atomic mass is 16.5. The summed E-state index contributed by atoms with van der Waals surface area (Å²) in [4.78, 5) is 21.6. The van der Waals surface area contributed by atoms with Gasteiger partial charge in [0.05, 0.1) is 13.0 Å². The first kappa shape index (κ1) is 12.0. The maximum Gasteiger partial charge on any atom is 0.225 e. The Morgan fingerprint density at radius 2 is 1.94 bits per heavy atom. The predicted molar refractivity (Wildman–Crippen MR) is 54.6 cm³/mol. The monoisotopic (exact) mass is 222 g/mol. The van der Waals surface area contributed by atoms with E-state index in [4.69, 9.17) is 10.5 Å². The minimum atomic E-state index is -1.31. The molecule has 1 aromatic rings. The summed E-state index contributed by atoms with van der Waals surface area (Å²) in [5.41, 5.74) is 5.67. The lowest BCUT2D eigenvalue weighted by Crippen LogP contribution is -2.30. The summed E-state index contributed by atoms with van der Waals surface area (Å²) in [5.74, 6) is -2.23. The largest absolute Gasteiger partial charge is 0.550 e. The molecule has 0 bridgehead atoms. The molecular weight excluding hydrogens is 210 g/mol. The van der Waals surface area contributed by atoms with Gasteiger partial charge in [0.1, 0.15) is 5.75 Å². The minimum absolute atomic E-state index is 0.415. The first-order valence-corrected chi connectivity index (χ1v) is 4.67. The van der Waals surface area contributed by atoms with Gasteiger partial charge in [0.25, 0.3) is 0 Å². The van der Waals surface area contributed by atoms with Crippen LogP contribution >= 0.6 is 0 Å². The molecule has 1 atom stereocenters. The van der Waals surface area contributed by atoms with E-state index >= 15 is 0 Å². The number of nitrogens with two attached hydrogens (primary N) is 1. The molecule has 0 unspecified atom stereocenters. The Kier molecular flexibility index (Phi) is 3.88. The number of carbonyl (C=O) groups is 2. The zero-order chi connectivity index (χ0) is 12.1. The van der Waals surface area contributed by atoms with E-state index in [0.29, 0.717) is 11.3 Å². The Balaban J connectivity index is 2.92. The van der Waals surface area contributed by atoms with Crippen LogP contribution in [0.15, 0.2) is 24.3 Å². The summed E-state index contributed by atoms with van der Waals surface area (Å²) in [5, 5.41) is 10.5. The molecule has 0 fully saturated rings. The van der Waals surface area contributed by atoms with Crippen molar-refractivity contribution in [2.24, 2.45) is 5.73 Å². The average molecular weight is 222 g/mol. The molecule has 1 aromatic carbocycles. The molecule has 0 aliphatic heterocycles. The fourth-order valence-corrected chi connectivity index (χ4v) is 1.39. The van der Waals surface area contributed by atoms with Gasteiger partial charge in [0.15, 0.2) is 0 Å². The number of carboxylic acid groups (broad SMARTS) is 1. The molecule has 0 saturated carbocycles. The molecule has 0 aliphatic carbocycles. The maximum atomic E-state index is 11.1. The summed E-state index contributed by atoms with van der Waals surface area (Å²) < 4.78 is 4.95. The number of benzene rings is 1. The van der Waals surface area contributed by atoms with Crippen LogP contribution in [0.4, 0.5) is 0 Å². The molecule has 0 spiro atoms. The number of hydrogen-bond donors (Lipinski definition) is 1. The third-order valence-electron chi connectivity index (χ3n) is 2.23. The van der Waals surface area contributed by atoms with E-state index in [-0.39, 0.29) is 0 Å². The van der Waals surface area contributed by atoms with E-state index in [1.165, 1.54) is 7.11 Å². The summed E-state index contributed by atoms with van der Waals surface area (Å²) in [6, 6.07) is 6.50. The molecule has 16 heavy (non-hydrogen) atoms. The van der Waals surface area contributed by atoms with E-state index in [0.717, 1.165) is 0 Å². The summed E-state index contributed by atoms with van der Waals surface area (Å²) in [6.45, 7) is 0. The fourth-order valence-electron chi connectivity index (χ4n) is 1.39. The van der Waals surface area contributed by atoms with Crippen molar-refractivity contribution in [3.05, 3.63) is 29.8 Å². The second kappa shape index (κ2) is 5.16. The van der Waals surface area contributed by atoms with Crippen LogP contribution in [-0.4, -0.2) is 19.0 Å².